The molecule has 0 bridgehead atoms. The molecule has 1 atom stereocenters. The van der Waals surface area contributed by atoms with Crippen molar-refractivity contribution in [1.82, 2.24) is 10.2 Å². The van der Waals surface area contributed by atoms with Crippen molar-refractivity contribution in [3.05, 3.63) is 95.1 Å². The van der Waals surface area contributed by atoms with E-state index < -0.39 is 28.5 Å². The van der Waals surface area contributed by atoms with Crippen LogP contribution >= 0.6 is 0 Å². The van der Waals surface area contributed by atoms with Gasteiger partial charge in [-0.15, -0.1) is 0 Å². The number of aryl methyl sites for hydroxylation is 2. The van der Waals surface area contributed by atoms with E-state index in [1.165, 1.54) is 4.90 Å². The third-order valence-electron chi connectivity index (χ3n) is 7.33. The lowest BCUT2D eigenvalue weighted by atomic mass is 10.0. The first-order valence-electron chi connectivity index (χ1n) is 14.3. The van der Waals surface area contributed by atoms with Gasteiger partial charge in [0, 0.05) is 13.1 Å². The van der Waals surface area contributed by atoms with Crippen molar-refractivity contribution < 1.29 is 18.0 Å². The number of hydrogen-bond donors (Lipinski definition) is 1. The molecule has 220 valence electrons. The van der Waals surface area contributed by atoms with Crippen LogP contribution in [0.5, 0.6) is 0 Å². The SMILES string of the molecule is CCCCNC(=O)[C@@H](C)N(Cc1ccccc1C)C(=O)CN(c1ccc(C(C)C)cc1)S(=O)(=O)c1ccc(C)cc1. The molecule has 0 heterocycles. The molecule has 0 aliphatic carbocycles. The number of benzene rings is 3. The summed E-state index contributed by atoms with van der Waals surface area (Å²) < 4.78 is 29.1. The van der Waals surface area contributed by atoms with E-state index in [9.17, 15) is 18.0 Å². The Labute approximate surface area is 245 Å². The molecule has 1 N–H and O–H groups in total. The molecule has 0 aromatic heterocycles. The molecular weight excluding hydrogens is 534 g/mol. The number of nitrogens with zero attached hydrogens (tertiary/aromatic N) is 2. The molecule has 0 radical (unpaired) electrons. The predicted octanol–water partition coefficient (Wildman–Crippen LogP) is 5.96. The van der Waals surface area contributed by atoms with Gasteiger partial charge < -0.3 is 10.2 Å². The number of amides is 2. The standard InChI is InChI=1S/C33H43N3O4S/c1-7-8-21-34-33(38)27(6)35(22-29-12-10-9-11-26(29)5)32(37)23-36(30-17-15-28(16-18-30)24(2)3)41(39,40)31-19-13-25(4)14-20-31/h9-20,24,27H,7-8,21-23H2,1-6H3,(H,34,38)/t27-/m1/s1. The molecule has 0 spiro atoms. The molecule has 8 heteroatoms. The van der Waals surface area contributed by atoms with E-state index in [-0.39, 0.29) is 23.3 Å². The Hall–Kier alpha value is -3.65. The lowest BCUT2D eigenvalue weighted by molar-refractivity contribution is -0.139. The highest BCUT2D eigenvalue weighted by Gasteiger charge is 2.32. The van der Waals surface area contributed by atoms with Crippen LogP contribution < -0.4 is 9.62 Å². The Balaban J connectivity index is 2.03. The molecule has 0 saturated heterocycles. The van der Waals surface area contributed by atoms with E-state index in [1.54, 1.807) is 43.3 Å². The third-order valence-corrected chi connectivity index (χ3v) is 9.12. The van der Waals surface area contributed by atoms with Crippen LogP contribution in [0, 0.1) is 13.8 Å². The fourth-order valence-corrected chi connectivity index (χ4v) is 5.90. The maximum Gasteiger partial charge on any atom is 0.264 e. The zero-order valence-electron chi connectivity index (χ0n) is 25.1. The molecule has 0 saturated carbocycles. The summed E-state index contributed by atoms with van der Waals surface area (Å²) in [5.41, 5.74) is 4.26. The number of nitrogens with one attached hydrogen (secondary N) is 1. The summed E-state index contributed by atoms with van der Waals surface area (Å²) in [5, 5.41) is 2.92. The van der Waals surface area contributed by atoms with Gasteiger partial charge in [0.15, 0.2) is 0 Å². The number of carbonyl (C=O) groups is 2. The number of rotatable bonds is 13. The Kier molecular flexibility index (Phi) is 11.1. The van der Waals surface area contributed by atoms with Crippen molar-refractivity contribution in [3.63, 3.8) is 0 Å². The summed E-state index contributed by atoms with van der Waals surface area (Å²) >= 11 is 0. The smallest absolute Gasteiger partial charge is 0.264 e. The Morgan fingerprint density at radius 3 is 2.10 bits per heavy atom. The van der Waals surface area contributed by atoms with Gasteiger partial charge in [0.1, 0.15) is 12.6 Å². The van der Waals surface area contributed by atoms with E-state index in [0.717, 1.165) is 39.4 Å². The van der Waals surface area contributed by atoms with Crippen molar-refractivity contribution in [2.45, 2.75) is 77.8 Å². The van der Waals surface area contributed by atoms with Gasteiger partial charge in [-0.1, -0.05) is 81.3 Å². The predicted molar refractivity (Wildman–Crippen MR) is 165 cm³/mol. The van der Waals surface area contributed by atoms with Crippen LogP contribution in [-0.4, -0.2) is 44.3 Å². The second-order valence-electron chi connectivity index (χ2n) is 10.8. The summed E-state index contributed by atoms with van der Waals surface area (Å²) in [6, 6.07) is 20.7. The minimum atomic E-state index is -4.09. The van der Waals surface area contributed by atoms with Crippen molar-refractivity contribution >= 4 is 27.5 Å². The number of carbonyl (C=O) groups excluding carboxylic acids is 2. The van der Waals surface area contributed by atoms with Crippen LogP contribution in [0.1, 0.15) is 68.7 Å². The van der Waals surface area contributed by atoms with Crippen LogP contribution in [0.3, 0.4) is 0 Å². The third kappa shape index (κ3) is 8.19. The normalized spacial score (nSPS) is 12.2. The molecule has 41 heavy (non-hydrogen) atoms. The molecule has 0 aliphatic rings. The van der Waals surface area contributed by atoms with Gasteiger partial charge in [-0.05, 0) is 74.1 Å². The van der Waals surface area contributed by atoms with E-state index >= 15 is 0 Å². The maximum atomic E-state index is 14.1. The van der Waals surface area contributed by atoms with Crippen LogP contribution in [0.25, 0.3) is 0 Å². The van der Waals surface area contributed by atoms with Crippen molar-refractivity contribution in [2.75, 3.05) is 17.4 Å². The lowest BCUT2D eigenvalue weighted by Gasteiger charge is -2.32. The summed E-state index contributed by atoms with van der Waals surface area (Å²) in [6.07, 6.45) is 1.76. The fourth-order valence-electron chi connectivity index (χ4n) is 4.48. The van der Waals surface area contributed by atoms with Crippen LogP contribution in [0.15, 0.2) is 77.7 Å². The van der Waals surface area contributed by atoms with Gasteiger partial charge in [-0.2, -0.15) is 0 Å². The number of unbranched alkanes of at least 4 members (excludes halogenated alkanes) is 1. The molecule has 0 aliphatic heterocycles. The summed E-state index contributed by atoms with van der Waals surface area (Å²) in [5.74, 6) is -0.464. The lowest BCUT2D eigenvalue weighted by Crippen LogP contribution is -2.51. The zero-order valence-corrected chi connectivity index (χ0v) is 25.9. The molecular formula is C33H43N3O4S. The molecule has 3 aromatic rings. The van der Waals surface area contributed by atoms with Crippen LogP contribution in [0.2, 0.25) is 0 Å². The minimum Gasteiger partial charge on any atom is -0.354 e. The largest absolute Gasteiger partial charge is 0.354 e. The first kappa shape index (κ1) is 31.9. The fraction of sp³-hybridized carbons (Fsp3) is 0.394. The van der Waals surface area contributed by atoms with Gasteiger partial charge in [-0.3, -0.25) is 13.9 Å². The first-order chi connectivity index (χ1) is 19.4. The second kappa shape index (κ2) is 14.3. The molecule has 0 unspecified atom stereocenters. The Morgan fingerprint density at radius 1 is 0.878 bits per heavy atom. The van der Waals surface area contributed by atoms with Crippen molar-refractivity contribution in [1.29, 1.82) is 0 Å². The Bertz CT molecular complexity index is 1420. The van der Waals surface area contributed by atoms with Gasteiger partial charge in [0.25, 0.3) is 10.0 Å². The van der Waals surface area contributed by atoms with Gasteiger partial charge in [0.2, 0.25) is 11.8 Å². The van der Waals surface area contributed by atoms with E-state index in [2.05, 4.69) is 19.2 Å². The highest BCUT2D eigenvalue weighted by molar-refractivity contribution is 7.92. The molecule has 7 nitrogen and oxygen atoms in total. The van der Waals surface area contributed by atoms with Crippen molar-refractivity contribution in [3.8, 4) is 0 Å². The highest BCUT2D eigenvalue weighted by atomic mass is 32.2. The molecule has 0 fully saturated rings. The monoisotopic (exact) mass is 577 g/mol. The summed E-state index contributed by atoms with van der Waals surface area (Å²) in [7, 11) is -4.09. The Morgan fingerprint density at radius 2 is 1.51 bits per heavy atom. The van der Waals surface area contributed by atoms with Gasteiger partial charge >= 0.3 is 0 Å². The molecule has 3 aromatic carbocycles. The summed E-state index contributed by atoms with van der Waals surface area (Å²) in [6.45, 7) is 11.9. The topological polar surface area (TPSA) is 86.8 Å². The highest BCUT2D eigenvalue weighted by Crippen LogP contribution is 2.27. The quantitative estimate of drug-likeness (QED) is 0.254. The average Bonchev–Trinajstić information content (AvgIpc) is 2.95. The second-order valence-corrected chi connectivity index (χ2v) is 12.7. The maximum absolute atomic E-state index is 14.1. The molecule has 2 amide bonds. The minimum absolute atomic E-state index is 0.0969. The van der Waals surface area contributed by atoms with Gasteiger partial charge in [-0.25, -0.2) is 8.42 Å². The van der Waals surface area contributed by atoms with E-state index in [0.29, 0.717) is 12.2 Å². The van der Waals surface area contributed by atoms with Crippen LogP contribution in [-0.2, 0) is 26.2 Å². The van der Waals surface area contributed by atoms with Crippen LogP contribution in [0.4, 0.5) is 5.69 Å². The first-order valence-corrected chi connectivity index (χ1v) is 15.7. The van der Waals surface area contributed by atoms with E-state index in [1.807, 2.05) is 57.2 Å². The number of hydrogen-bond acceptors (Lipinski definition) is 4. The van der Waals surface area contributed by atoms with E-state index in [4.69, 9.17) is 0 Å². The van der Waals surface area contributed by atoms with Crippen molar-refractivity contribution in [2.24, 2.45) is 0 Å². The summed E-state index contributed by atoms with van der Waals surface area (Å²) in [4.78, 5) is 28.7. The van der Waals surface area contributed by atoms with Gasteiger partial charge in [0.05, 0.1) is 10.6 Å². The zero-order chi connectivity index (χ0) is 30.2. The molecule has 3 rings (SSSR count). The number of sulfonamides is 1. The average molecular weight is 578 g/mol. The number of anilines is 1.